The van der Waals surface area contributed by atoms with Crippen molar-refractivity contribution >= 4 is 21.6 Å². The molecule has 1 aromatic carbocycles. The number of anilines is 1. The van der Waals surface area contributed by atoms with Gasteiger partial charge >= 0.3 is 0 Å². The number of aryl methyl sites for hydroxylation is 1. The van der Waals surface area contributed by atoms with Gasteiger partial charge in [0.1, 0.15) is 6.10 Å². The van der Waals surface area contributed by atoms with Crippen molar-refractivity contribution in [1.29, 1.82) is 0 Å². The third-order valence-electron chi connectivity index (χ3n) is 2.08. The normalized spacial score (nSPS) is 15.1. The minimum atomic E-state index is -0.936. The van der Waals surface area contributed by atoms with Crippen molar-refractivity contribution in [3.05, 3.63) is 29.3 Å². The molecule has 4 N–H and O–H groups in total. The molecule has 0 aromatic heterocycles. The molecule has 2 atom stereocenters. The number of halogens is 1. The van der Waals surface area contributed by atoms with Crippen molar-refractivity contribution in [2.45, 2.75) is 19.1 Å². The van der Waals surface area contributed by atoms with Gasteiger partial charge in [0.05, 0.1) is 6.10 Å². The van der Waals surface area contributed by atoms with Crippen LogP contribution in [0.15, 0.2) is 18.2 Å². The monoisotopic (exact) mass is 259 g/mol. The molecule has 0 aliphatic heterocycles. The maximum atomic E-state index is 9.73. The second-order valence-corrected chi connectivity index (χ2v) is 3.95. The topological polar surface area (TPSA) is 66.5 Å². The van der Waals surface area contributed by atoms with Gasteiger partial charge in [0.15, 0.2) is 0 Å². The fourth-order valence-corrected chi connectivity index (χ4v) is 1.60. The van der Waals surface area contributed by atoms with Crippen LogP contribution in [0, 0.1) is 6.92 Å². The molecule has 4 heteroatoms. The maximum absolute atomic E-state index is 9.73. The van der Waals surface area contributed by atoms with Gasteiger partial charge in [0.25, 0.3) is 0 Å². The summed E-state index contributed by atoms with van der Waals surface area (Å²) in [5, 5.41) is 19.5. The first-order valence-electron chi connectivity index (χ1n) is 4.34. The smallest absolute Gasteiger partial charge is 0.108 e. The Bertz CT molecular complexity index is 317. The molecule has 14 heavy (non-hydrogen) atoms. The van der Waals surface area contributed by atoms with E-state index in [0.717, 1.165) is 5.56 Å². The molecule has 0 bridgehead atoms. The van der Waals surface area contributed by atoms with Gasteiger partial charge in [0, 0.05) is 16.6 Å². The van der Waals surface area contributed by atoms with Crippen LogP contribution in [0.3, 0.4) is 0 Å². The van der Waals surface area contributed by atoms with Crippen LogP contribution in [0.1, 0.15) is 17.2 Å². The fourth-order valence-electron chi connectivity index (χ4n) is 1.24. The SMILES string of the molecule is Cc1ccc(N)c(C(O)C(O)CBr)c1. The number of rotatable bonds is 3. The Kier molecular flexibility index (Phi) is 3.92. The van der Waals surface area contributed by atoms with Crippen LogP contribution in [-0.2, 0) is 0 Å². The Hall–Kier alpha value is -0.580. The van der Waals surface area contributed by atoms with Crippen LogP contribution in [0.2, 0.25) is 0 Å². The molecule has 1 aromatic rings. The number of nitrogen functional groups attached to an aromatic ring is 1. The van der Waals surface area contributed by atoms with Gasteiger partial charge in [-0.15, -0.1) is 0 Å². The molecule has 0 spiro atoms. The van der Waals surface area contributed by atoms with Crippen molar-refractivity contribution in [3.8, 4) is 0 Å². The Labute approximate surface area is 91.7 Å². The molecule has 0 aliphatic rings. The summed E-state index contributed by atoms with van der Waals surface area (Å²) in [6, 6.07) is 5.38. The van der Waals surface area contributed by atoms with Crippen molar-refractivity contribution in [2.75, 3.05) is 11.1 Å². The first kappa shape index (κ1) is 11.5. The van der Waals surface area contributed by atoms with Crippen LogP contribution in [0.4, 0.5) is 5.69 Å². The van der Waals surface area contributed by atoms with Crippen LogP contribution < -0.4 is 5.73 Å². The lowest BCUT2D eigenvalue weighted by Gasteiger charge is -2.18. The standard InChI is InChI=1S/C10H14BrNO2/c1-6-2-3-8(12)7(4-6)10(14)9(13)5-11/h2-4,9-10,13-14H,5,12H2,1H3. The zero-order valence-corrected chi connectivity index (χ0v) is 9.53. The highest BCUT2D eigenvalue weighted by molar-refractivity contribution is 9.09. The Morgan fingerprint density at radius 3 is 2.64 bits per heavy atom. The maximum Gasteiger partial charge on any atom is 0.108 e. The molecule has 2 unspecified atom stereocenters. The van der Waals surface area contributed by atoms with Crippen LogP contribution in [0.5, 0.6) is 0 Å². The van der Waals surface area contributed by atoms with Crippen LogP contribution in [-0.4, -0.2) is 21.6 Å². The predicted octanol–water partition coefficient (Wildman–Crippen LogP) is 1.37. The van der Waals surface area contributed by atoms with Gasteiger partial charge in [-0.05, 0) is 13.0 Å². The second-order valence-electron chi connectivity index (χ2n) is 3.30. The van der Waals surface area contributed by atoms with E-state index in [9.17, 15) is 10.2 Å². The lowest BCUT2D eigenvalue weighted by atomic mass is 10.0. The number of hydrogen-bond donors (Lipinski definition) is 3. The summed E-state index contributed by atoms with van der Waals surface area (Å²) in [4.78, 5) is 0. The van der Waals surface area contributed by atoms with E-state index in [1.54, 1.807) is 12.1 Å². The van der Waals surface area contributed by atoms with E-state index in [4.69, 9.17) is 5.73 Å². The zero-order valence-electron chi connectivity index (χ0n) is 7.94. The van der Waals surface area contributed by atoms with Crippen LogP contribution >= 0.6 is 15.9 Å². The van der Waals surface area contributed by atoms with E-state index in [2.05, 4.69) is 15.9 Å². The van der Waals surface area contributed by atoms with Gasteiger partial charge in [-0.2, -0.15) is 0 Å². The molecule has 0 heterocycles. The lowest BCUT2D eigenvalue weighted by Crippen LogP contribution is -2.20. The molecule has 0 saturated carbocycles. The molecule has 78 valence electrons. The summed E-state index contributed by atoms with van der Waals surface area (Å²) >= 11 is 3.10. The van der Waals surface area contributed by atoms with Crippen LogP contribution in [0.25, 0.3) is 0 Å². The molecule has 1 rings (SSSR count). The molecule has 0 fully saturated rings. The highest BCUT2D eigenvalue weighted by Gasteiger charge is 2.19. The number of aliphatic hydroxyl groups excluding tert-OH is 2. The molecule has 3 nitrogen and oxygen atoms in total. The minimum Gasteiger partial charge on any atom is -0.398 e. The number of benzene rings is 1. The van der Waals surface area contributed by atoms with E-state index >= 15 is 0 Å². The Morgan fingerprint density at radius 2 is 2.07 bits per heavy atom. The van der Waals surface area contributed by atoms with E-state index in [1.807, 2.05) is 13.0 Å². The minimum absolute atomic E-state index is 0.321. The molecule has 0 aliphatic carbocycles. The average molecular weight is 260 g/mol. The largest absolute Gasteiger partial charge is 0.398 e. The first-order valence-corrected chi connectivity index (χ1v) is 5.46. The summed E-state index contributed by atoms with van der Waals surface area (Å²) in [6.07, 6.45) is -1.77. The highest BCUT2D eigenvalue weighted by Crippen LogP contribution is 2.24. The fraction of sp³-hybridized carbons (Fsp3) is 0.400. The molecule has 0 saturated heterocycles. The summed E-state index contributed by atoms with van der Waals surface area (Å²) in [5.41, 5.74) is 7.79. The Morgan fingerprint density at radius 1 is 1.43 bits per heavy atom. The van der Waals surface area contributed by atoms with Gasteiger partial charge in [-0.1, -0.05) is 33.6 Å². The highest BCUT2D eigenvalue weighted by atomic mass is 79.9. The van der Waals surface area contributed by atoms with Gasteiger partial charge in [0.2, 0.25) is 0 Å². The number of nitrogens with two attached hydrogens (primary N) is 1. The number of alkyl halides is 1. The first-order chi connectivity index (χ1) is 6.56. The van der Waals surface area contributed by atoms with E-state index in [1.165, 1.54) is 0 Å². The van der Waals surface area contributed by atoms with Gasteiger partial charge < -0.3 is 15.9 Å². The quantitative estimate of drug-likeness (QED) is 0.568. The predicted molar refractivity (Wildman–Crippen MR) is 60.4 cm³/mol. The zero-order chi connectivity index (χ0) is 10.7. The van der Waals surface area contributed by atoms with Crippen molar-refractivity contribution in [2.24, 2.45) is 0 Å². The van der Waals surface area contributed by atoms with Gasteiger partial charge in [-0.3, -0.25) is 0 Å². The molecular formula is C10H14BrNO2. The number of aliphatic hydroxyl groups is 2. The summed E-state index contributed by atoms with van der Waals surface area (Å²) < 4.78 is 0. The number of hydrogen-bond acceptors (Lipinski definition) is 3. The van der Waals surface area contributed by atoms with E-state index in [0.29, 0.717) is 16.6 Å². The molecular weight excluding hydrogens is 246 g/mol. The van der Waals surface area contributed by atoms with Gasteiger partial charge in [-0.25, -0.2) is 0 Å². The molecule has 0 amide bonds. The summed E-state index contributed by atoms with van der Waals surface area (Å²) in [6.45, 7) is 1.91. The second kappa shape index (κ2) is 4.77. The lowest BCUT2D eigenvalue weighted by molar-refractivity contribution is 0.0347. The van der Waals surface area contributed by atoms with Crippen molar-refractivity contribution < 1.29 is 10.2 Å². The van der Waals surface area contributed by atoms with E-state index in [-0.39, 0.29) is 0 Å². The van der Waals surface area contributed by atoms with Crippen molar-refractivity contribution in [1.82, 2.24) is 0 Å². The summed E-state index contributed by atoms with van der Waals surface area (Å²) in [5.74, 6) is 0. The third kappa shape index (κ3) is 2.47. The Balaban J connectivity index is 2.99. The van der Waals surface area contributed by atoms with Crippen molar-refractivity contribution in [3.63, 3.8) is 0 Å². The summed E-state index contributed by atoms with van der Waals surface area (Å²) in [7, 11) is 0. The van der Waals surface area contributed by atoms with E-state index < -0.39 is 12.2 Å². The average Bonchev–Trinajstić information content (AvgIpc) is 2.19. The molecule has 0 radical (unpaired) electrons. The third-order valence-corrected chi connectivity index (χ3v) is 2.75.